The van der Waals surface area contributed by atoms with E-state index >= 15 is 0 Å². The molecule has 1 aromatic heterocycles. The molecule has 0 saturated heterocycles. The highest BCUT2D eigenvalue weighted by atomic mass is 16.5. The van der Waals surface area contributed by atoms with Crippen molar-refractivity contribution < 1.29 is 9.26 Å². The molecule has 0 bridgehead atoms. The van der Waals surface area contributed by atoms with E-state index in [2.05, 4.69) is 10.1 Å². The van der Waals surface area contributed by atoms with Crippen LogP contribution in [-0.4, -0.2) is 23.4 Å². The molecule has 0 unspecified atom stereocenters. The number of nitrogens with two attached hydrogens (primary N) is 1. The van der Waals surface area contributed by atoms with Crippen LogP contribution in [0, 0.1) is 0 Å². The fourth-order valence-electron chi connectivity index (χ4n) is 1.83. The Kier molecular flexibility index (Phi) is 2.55. The van der Waals surface area contributed by atoms with Gasteiger partial charge >= 0.3 is 0 Å². The minimum atomic E-state index is -0.465. The van der Waals surface area contributed by atoms with Crippen LogP contribution in [-0.2, 0) is 15.7 Å². The first-order chi connectivity index (χ1) is 7.35. The predicted molar refractivity (Wildman–Crippen MR) is 58.9 cm³/mol. The van der Waals surface area contributed by atoms with Crippen molar-refractivity contribution in [3.05, 3.63) is 11.7 Å². The van der Waals surface area contributed by atoms with Gasteiger partial charge in [-0.2, -0.15) is 4.98 Å². The van der Waals surface area contributed by atoms with Gasteiger partial charge in [0.25, 0.3) is 0 Å². The zero-order chi connectivity index (χ0) is 12.0. The highest BCUT2D eigenvalue weighted by Gasteiger charge is 2.46. The van der Waals surface area contributed by atoms with Crippen LogP contribution in [0.1, 0.15) is 45.3 Å². The van der Waals surface area contributed by atoms with Gasteiger partial charge in [0, 0.05) is 12.5 Å². The van der Waals surface area contributed by atoms with E-state index in [-0.39, 0.29) is 11.5 Å². The fraction of sp³-hybridized carbons (Fsp3) is 0.818. The van der Waals surface area contributed by atoms with E-state index in [1.54, 1.807) is 7.11 Å². The van der Waals surface area contributed by atoms with Gasteiger partial charge in [0.05, 0.1) is 11.6 Å². The van der Waals surface area contributed by atoms with E-state index in [1.165, 1.54) is 0 Å². The number of nitrogens with zero attached hydrogens (tertiary/aromatic N) is 2. The lowest BCUT2D eigenvalue weighted by Gasteiger charge is -2.41. The largest absolute Gasteiger partial charge is 0.381 e. The number of ether oxygens (including phenoxy) is 1. The van der Waals surface area contributed by atoms with Gasteiger partial charge in [0.15, 0.2) is 5.82 Å². The maximum Gasteiger partial charge on any atom is 0.232 e. The quantitative estimate of drug-likeness (QED) is 0.821. The van der Waals surface area contributed by atoms with Crippen LogP contribution in [0.3, 0.4) is 0 Å². The Morgan fingerprint density at radius 2 is 2.06 bits per heavy atom. The monoisotopic (exact) mass is 225 g/mol. The summed E-state index contributed by atoms with van der Waals surface area (Å²) >= 11 is 0. The van der Waals surface area contributed by atoms with E-state index in [1.807, 2.05) is 20.8 Å². The summed E-state index contributed by atoms with van der Waals surface area (Å²) in [6, 6.07) is 0. The first-order valence-electron chi connectivity index (χ1n) is 5.51. The smallest absolute Gasteiger partial charge is 0.232 e. The Hall–Kier alpha value is -0.940. The second-order valence-corrected chi connectivity index (χ2v) is 5.60. The molecule has 1 saturated carbocycles. The Morgan fingerprint density at radius 1 is 1.44 bits per heavy atom. The second-order valence-electron chi connectivity index (χ2n) is 5.60. The molecule has 2 N–H and O–H groups in total. The van der Waals surface area contributed by atoms with Crippen molar-refractivity contribution in [2.24, 2.45) is 5.73 Å². The van der Waals surface area contributed by atoms with Gasteiger partial charge in [-0.1, -0.05) is 25.9 Å². The number of hydrogen-bond donors (Lipinski definition) is 1. The Labute approximate surface area is 95.3 Å². The molecule has 0 aliphatic heterocycles. The number of methoxy groups -OCH3 is 1. The SMILES string of the molecule is COC1CC(N)(c2noc(C(C)(C)C)n2)C1. The van der Waals surface area contributed by atoms with Crippen LogP contribution in [0.15, 0.2) is 4.52 Å². The number of hydrogen-bond acceptors (Lipinski definition) is 5. The summed E-state index contributed by atoms with van der Waals surface area (Å²) in [6.07, 6.45) is 1.74. The van der Waals surface area contributed by atoms with Crippen LogP contribution >= 0.6 is 0 Å². The molecule has 5 heteroatoms. The molecule has 1 aliphatic carbocycles. The van der Waals surface area contributed by atoms with Gasteiger partial charge < -0.3 is 15.0 Å². The van der Waals surface area contributed by atoms with Gasteiger partial charge in [0.1, 0.15) is 0 Å². The topological polar surface area (TPSA) is 74.2 Å². The highest BCUT2D eigenvalue weighted by molar-refractivity contribution is 5.13. The average molecular weight is 225 g/mol. The third-order valence-corrected chi connectivity index (χ3v) is 3.03. The minimum Gasteiger partial charge on any atom is -0.381 e. The van der Waals surface area contributed by atoms with Gasteiger partial charge in [-0.05, 0) is 12.8 Å². The Balaban J connectivity index is 2.15. The molecule has 90 valence electrons. The lowest BCUT2D eigenvalue weighted by Crippen LogP contribution is -2.53. The van der Waals surface area contributed by atoms with E-state index in [9.17, 15) is 0 Å². The zero-order valence-electron chi connectivity index (χ0n) is 10.3. The minimum absolute atomic E-state index is 0.133. The fourth-order valence-corrected chi connectivity index (χ4v) is 1.83. The lowest BCUT2D eigenvalue weighted by atomic mass is 9.74. The summed E-state index contributed by atoms with van der Waals surface area (Å²) < 4.78 is 10.4. The Bertz CT molecular complexity index is 375. The molecule has 0 atom stereocenters. The van der Waals surface area contributed by atoms with Crippen LogP contribution in [0.2, 0.25) is 0 Å². The third-order valence-electron chi connectivity index (χ3n) is 3.03. The lowest BCUT2D eigenvalue weighted by molar-refractivity contribution is -0.0202. The summed E-state index contributed by atoms with van der Waals surface area (Å²) in [4.78, 5) is 4.39. The van der Waals surface area contributed by atoms with Crippen molar-refractivity contribution in [1.29, 1.82) is 0 Å². The van der Waals surface area contributed by atoms with E-state index in [4.69, 9.17) is 15.0 Å². The van der Waals surface area contributed by atoms with Crippen molar-refractivity contribution in [3.63, 3.8) is 0 Å². The molecule has 1 aliphatic rings. The molecule has 0 amide bonds. The van der Waals surface area contributed by atoms with E-state index in [0.717, 1.165) is 12.8 Å². The highest BCUT2D eigenvalue weighted by Crippen LogP contribution is 2.39. The van der Waals surface area contributed by atoms with Gasteiger partial charge in [-0.15, -0.1) is 0 Å². The summed E-state index contributed by atoms with van der Waals surface area (Å²) in [6.45, 7) is 6.10. The molecular formula is C11H19N3O2. The van der Waals surface area contributed by atoms with E-state index in [0.29, 0.717) is 11.7 Å². The molecule has 1 aromatic rings. The summed E-state index contributed by atoms with van der Waals surface area (Å²) in [5, 5.41) is 3.98. The van der Waals surface area contributed by atoms with Gasteiger partial charge in [-0.3, -0.25) is 0 Å². The number of rotatable bonds is 2. The van der Waals surface area contributed by atoms with Crippen molar-refractivity contribution in [1.82, 2.24) is 10.1 Å². The normalized spacial score (nSPS) is 30.2. The van der Waals surface area contributed by atoms with E-state index < -0.39 is 5.54 Å². The zero-order valence-corrected chi connectivity index (χ0v) is 10.3. The first kappa shape index (κ1) is 11.5. The molecular weight excluding hydrogens is 206 g/mol. The molecule has 1 heterocycles. The van der Waals surface area contributed by atoms with Gasteiger partial charge in [0.2, 0.25) is 5.89 Å². The second kappa shape index (κ2) is 3.53. The predicted octanol–water partition coefficient (Wildman–Crippen LogP) is 1.33. The first-order valence-corrected chi connectivity index (χ1v) is 5.51. The van der Waals surface area contributed by atoms with Crippen LogP contribution in [0.4, 0.5) is 0 Å². The molecule has 0 spiro atoms. The third kappa shape index (κ3) is 1.85. The molecule has 0 radical (unpaired) electrons. The Morgan fingerprint density at radius 3 is 2.50 bits per heavy atom. The standard InChI is InChI=1S/C11H19N3O2/c1-10(2,3)9-13-8(14-16-9)11(12)5-7(6-11)15-4/h7H,5-6,12H2,1-4H3. The summed E-state index contributed by atoms with van der Waals surface area (Å²) in [5.74, 6) is 1.24. The van der Waals surface area contributed by atoms with Crippen molar-refractivity contribution in [2.75, 3.05) is 7.11 Å². The number of aromatic nitrogens is 2. The summed E-state index contributed by atoms with van der Waals surface area (Å²) in [7, 11) is 1.70. The summed E-state index contributed by atoms with van der Waals surface area (Å²) in [5.41, 5.74) is 5.58. The maximum absolute atomic E-state index is 6.18. The van der Waals surface area contributed by atoms with Crippen molar-refractivity contribution in [2.45, 2.75) is 50.7 Å². The molecule has 16 heavy (non-hydrogen) atoms. The molecule has 2 rings (SSSR count). The maximum atomic E-state index is 6.18. The molecule has 1 fully saturated rings. The molecule has 0 aromatic carbocycles. The van der Waals surface area contributed by atoms with Crippen molar-refractivity contribution in [3.8, 4) is 0 Å². The van der Waals surface area contributed by atoms with Crippen LogP contribution in [0.25, 0.3) is 0 Å². The molecule has 5 nitrogen and oxygen atoms in total. The average Bonchev–Trinajstić information content (AvgIpc) is 2.60. The van der Waals surface area contributed by atoms with Gasteiger partial charge in [-0.25, -0.2) is 0 Å². The van der Waals surface area contributed by atoms with Crippen LogP contribution in [0.5, 0.6) is 0 Å². The van der Waals surface area contributed by atoms with Crippen molar-refractivity contribution >= 4 is 0 Å². The van der Waals surface area contributed by atoms with Crippen LogP contribution < -0.4 is 5.73 Å².